The van der Waals surface area contributed by atoms with E-state index < -0.39 is 0 Å². The summed E-state index contributed by atoms with van der Waals surface area (Å²) in [6, 6.07) is 1.84. The highest BCUT2D eigenvalue weighted by Crippen LogP contribution is 2.21. The summed E-state index contributed by atoms with van der Waals surface area (Å²) in [7, 11) is 1.76. The van der Waals surface area contributed by atoms with Crippen LogP contribution in [-0.2, 0) is 9.59 Å². The van der Waals surface area contributed by atoms with Crippen molar-refractivity contribution in [3.8, 4) is 0 Å². The molecule has 1 fully saturated rings. The second-order valence-corrected chi connectivity index (χ2v) is 5.44. The number of aromatic nitrogens is 3. The lowest BCUT2D eigenvalue weighted by molar-refractivity contribution is -0.137. The first kappa shape index (κ1) is 13.5. The molecule has 0 aliphatic carbocycles. The van der Waals surface area contributed by atoms with Gasteiger partial charge in [-0.1, -0.05) is 0 Å². The van der Waals surface area contributed by atoms with Crippen LogP contribution in [0, 0.1) is 12.8 Å². The van der Waals surface area contributed by atoms with Gasteiger partial charge in [0.05, 0.1) is 11.9 Å². The topological polar surface area (TPSA) is 91.0 Å². The molecule has 2 aromatic rings. The second-order valence-electron chi connectivity index (χ2n) is 5.44. The van der Waals surface area contributed by atoms with Gasteiger partial charge in [-0.15, -0.1) is 0 Å². The Morgan fingerprint density at radius 1 is 1.52 bits per heavy atom. The van der Waals surface area contributed by atoms with Crippen molar-refractivity contribution in [1.29, 1.82) is 0 Å². The predicted molar refractivity (Wildman–Crippen MR) is 77.6 cm³/mol. The van der Waals surface area contributed by atoms with Crippen LogP contribution in [0.3, 0.4) is 0 Å². The number of amides is 2. The maximum absolute atomic E-state index is 12.2. The van der Waals surface area contributed by atoms with Gasteiger partial charge in [0.15, 0.2) is 5.65 Å². The molecular formula is C14H17N5O2. The fourth-order valence-electron chi connectivity index (χ4n) is 2.50. The van der Waals surface area contributed by atoms with E-state index in [0.717, 1.165) is 11.1 Å². The van der Waals surface area contributed by atoms with E-state index in [1.807, 2.05) is 13.0 Å². The normalized spacial score (nSPS) is 19.0. The van der Waals surface area contributed by atoms with Crippen molar-refractivity contribution in [1.82, 2.24) is 20.1 Å². The van der Waals surface area contributed by atoms with Crippen molar-refractivity contribution >= 4 is 28.5 Å². The fourth-order valence-corrected chi connectivity index (χ4v) is 2.50. The van der Waals surface area contributed by atoms with E-state index in [0.29, 0.717) is 24.3 Å². The maximum Gasteiger partial charge on any atom is 0.228 e. The van der Waals surface area contributed by atoms with Gasteiger partial charge >= 0.3 is 0 Å². The second kappa shape index (κ2) is 5.16. The first-order valence-electron chi connectivity index (χ1n) is 6.90. The summed E-state index contributed by atoms with van der Waals surface area (Å²) in [5.41, 5.74) is 2.16. The lowest BCUT2D eigenvalue weighted by Crippen LogP contribution is -2.39. The zero-order chi connectivity index (χ0) is 15.0. The van der Waals surface area contributed by atoms with Crippen molar-refractivity contribution in [2.45, 2.75) is 19.8 Å². The Balaban J connectivity index is 1.74. The van der Waals surface area contributed by atoms with Crippen LogP contribution in [0.4, 0.5) is 5.69 Å². The number of hydrogen-bond acceptors (Lipinski definition) is 4. The van der Waals surface area contributed by atoms with E-state index in [-0.39, 0.29) is 24.2 Å². The smallest absolute Gasteiger partial charge is 0.228 e. The van der Waals surface area contributed by atoms with E-state index in [1.54, 1.807) is 18.1 Å². The van der Waals surface area contributed by atoms with Crippen LogP contribution in [0.5, 0.6) is 0 Å². The minimum atomic E-state index is -0.269. The number of rotatable bonds is 2. The van der Waals surface area contributed by atoms with Crippen LogP contribution < -0.4 is 5.32 Å². The number of aryl methyl sites for hydroxylation is 1. The number of anilines is 1. The number of likely N-dealkylation sites (tertiary alicyclic amines) is 1. The lowest BCUT2D eigenvalue weighted by atomic mass is 9.95. The molecule has 1 aliphatic heterocycles. The van der Waals surface area contributed by atoms with Gasteiger partial charge in [0.25, 0.3) is 0 Å². The van der Waals surface area contributed by atoms with Gasteiger partial charge in [-0.25, -0.2) is 4.98 Å². The average Bonchev–Trinajstić information content (AvgIpc) is 2.83. The number of carbonyl (C=O) groups excluding carboxylic acids is 2. The monoisotopic (exact) mass is 287 g/mol. The number of pyridine rings is 1. The van der Waals surface area contributed by atoms with Crippen molar-refractivity contribution in [2.75, 3.05) is 18.9 Å². The molecule has 1 aliphatic rings. The van der Waals surface area contributed by atoms with Crippen molar-refractivity contribution in [3.63, 3.8) is 0 Å². The van der Waals surface area contributed by atoms with Gasteiger partial charge in [0.2, 0.25) is 11.8 Å². The average molecular weight is 287 g/mol. The third-order valence-electron chi connectivity index (χ3n) is 3.90. The summed E-state index contributed by atoms with van der Waals surface area (Å²) in [5, 5.41) is 10.6. The standard InChI is InChI=1S/C14H17N5O2/c1-8-11-6-10(7-15-13(11)18-17-8)16-14(21)9-3-4-19(2)12(20)5-9/h6-7,9H,3-5H2,1-2H3,(H,16,21)(H,15,17,18). The fraction of sp³-hybridized carbons (Fsp3) is 0.429. The van der Waals surface area contributed by atoms with Gasteiger partial charge < -0.3 is 10.2 Å². The number of aromatic amines is 1. The minimum absolute atomic E-state index is 0.0145. The van der Waals surface area contributed by atoms with E-state index in [9.17, 15) is 9.59 Å². The molecule has 0 radical (unpaired) electrons. The number of hydrogen-bond donors (Lipinski definition) is 2. The summed E-state index contributed by atoms with van der Waals surface area (Å²) in [4.78, 5) is 29.8. The molecule has 3 rings (SSSR count). The van der Waals surface area contributed by atoms with Crippen LogP contribution >= 0.6 is 0 Å². The SMILES string of the molecule is Cc1[nH]nc2ncc(NC(=O)C3CCN(C)C(=O)C3)cc12. The first-order chi connectivity index (χ1) is 10.0. The van der Waals surface area contributed by atoms with Gasteiger partial charge in [-0.3, -0.25) is 14.7 Å². The minimum Gasteiger partial charge on any atom is -0.346 e. The molecule has 0 aromatic carbocycles. The van der Waals surface area contributed by atoms with Crippen molar-refractivity contribution < 1.29 is 9.59 Å². The number of nitrogens with zero attached hydrogens (tertiary/aromatic N) is 3. The Kier molecular flexibility index (Phi) is 3.32. The summed E-state index contributed by atoms with van der Waals surface area (Å²) in [6.45, 7) is 2.52. The summed E-state index contributed by atoms with van der Waals surface area (Å²) >= 11 is 0. The van der Waals surface area contributed by atoms with Gasteiger partial charge in [0.1, 0.15) is 0 Å². The highest BCUT2D eigenvalue weighted by molar-refractivity contribution is 5.97. The van der Waals surface area contributed by atoms with Gasteiger partial charge in [-0.05, 0) is 19.4 Å². The molecule has 3 heterocycles. The Morgan fingerprint density at radius 2 is 2.33 bits per heavy atom. The third-order valence-corrected chi connectivity index (χ3v) is 3.90. The molecule has 2 aromatic heterocycles. The molecule has 0 saturated carbocycles. The Bertz CT molecular complexity index is 708. The number of nitrogens with one attached hydrogen (secondary N) is 2. The number of carbonyl (C=O) groups is 2. The summed E-state index contributed by atoms with van der Waals surface area (Å²) < 4.78 is 0. The molecule has 110 valence electrons. The van der Waals surface area contributed by atoms with E-state index in [2.05, 4.69) is 20.5 Å². The number of piperidine rings is 1. The molecule has 0 spiro atoms. The number of fused-ring (bicyclic) bond motifs is 1. The van der Waals surface area contributed by atoms with E-state index >= 15 is 0 Å². The van der Waals surface area contributed by atoms with Crippen LogP contribution in [0.1, 0.15) is 18.5 Å². The molecule has 7 heteroatoms. The van der Waals surface area contributed by atoms with Gasteiger partial charge in [0, 0.05) is 37.0 Å². The first-order valence-corrected chi connectivity index (χ1v) is 6.90. The highest BCUT2D eigenvalue weighted by atomic mass is 16.2. The zero-order valence-electron chi connectivity index (χ0n) is 12.0. The Morgan fingerprint density at radius 3 is 3.10 bits per heavy atom. The molecule has 21 heavy (non-hydrogen) atoms. The summed E-state index contributed by atoms with van der Waals surface area (Å²) in [5.74, 6) is -0.380. The van der Waals surface area contributed by atoms with Crippen molar-refractivity contribution in [3.05, 3.63) is 18.0 Å². The molecule has 2 N–H and O–H groups in total. The Labute approximate surface area is 121 Å². The van der Waals surface area contributed by atoms with Gasteiger partial charge in [-0.2, -0.15) is 5.10 Å². The molecule has 0 bridgehead atoms. The molecule has 1 atom stereocenters. The molecule has 1 unspecified atom stereocenters. The molecule has 1 saturated heterocycles. The van der Waals surface area contributed by atoms with Crippen molar-refractivity contribution in [2.24, 2.45) is 5.92 Å². The molecular weight excluding hydrogens is 270 g/mol. The summed E-state index contributed by atoms with van der Waals surface area (Å²) in [6.07, 6.45) is 2.54. The van der Waals surface area contributed by atoms with E-state index in [4.69, 9.17) is 0 Å². The largest absolute Gasteiger partial charge is 0.346 e. The van der Waals surface area contributed by atoms with Crippen LogP contribution in [0.2, 0.25) is 0 Å². The Hall–Kier alpha value is -2.44. The number of H-pyrrole nitrogens is 1. The van der Waals surface area contributed by atoms with E-state index in [1.165, 1.54) is 0 Å². The maximum atomic E-state index is 12.2. The highest BCUT2D eigenvalue weighted by Gasteiger charge is 2.28. The van der Waals surface area contributed by atoms with Crippen LogP contribution in [0.15, 0.2) is 12.3 Å². The molecule has 7 nitrogen and oxygen atoms in total. The van der Waals surface area contributed by atoms with Crippen LogP contribution in [-0.4, -0.2) is 45.5 Å². The molecule has 2 amide bonds. The third kappa shape index (κ3) is 2.58. The predicted octanol–water partition coefficient (Wildman–Crippen LogP) is 1.07. The lowest BCUT2D eigenvalue weighted by Gasteiger charge is -2.27. The quantitative estimate of drug-likeness (QED) is 0.864. The van der Waals surface area contributed by atoms with Crippen LogP contribution in [0.25, 0.3) is 11.0 Å². The zero-order valence-corrected chi connectivity index (χ0v) is 12.0.